The van der Waals surface area contributed by atoms with Crippen molar-refractivity contribution in [2.24, 2.45) is 5.10 Å². The average Bonchev–Trinajstić information content (AvgIpc) is 2.63. The highest BCUT2D eigenvalue weighted by Crippen LogP contribution is 2.42. The van der Waals surface area contributed by atoms with Gasteiger partial charge in [-0.1, -0.05) is 24.8 Å². The molecule has 1 aromatic carbocycles. The van der Waals surface area contributed by atoms with Crippen LogP contribution in [0.3, 0.4) is 0 Å². The van der Waals surface area contributed by atoms with Gasteiger partial charge >= 0.3 is 0 Å². The molecule has 7 heteroatoms. The number of anilines is 1. The summed E-state index contributed by atoms with van der Waals surface area (Å²) < 4.78 is 0. The van der Waals surface area contributed by atoms with Crippen LogP contribution in [-0.2, 0) is 4.79 Å². The van der Waals surface area contributed by atoms with E-state index in [1.165, 1.54) is 23.0 Å². The summed E-state index contributed by atoms with van der Waals surface area (Å²) in [7, 11) is 2.15. The number of rotatable bonds is 5. The van der Waals surface area contributed by atoms with Crippen molar-refractivity contribution in [3.05, 3.63) is 46.8 Å². The Bertz CT molecular complexity index is 921. The number of aromatic nitrogens is 2. The topological polar surface area (TPSA) is 70.5 Å². The lowest BCUT2D eigenvalue weighted by Crippen LogP contribution is -2.45. The van der Waals surface area contributed by atoms with E-state index in [1.807, 2.05) is 26.0 Å². The molecule has 1 amide bonds. The molecule has 2 aromatic rings. The first-order valence-electron chi connectivity index (χ1n) is 9.80. The van der Waals surface area contributed by atoms with Gasteiger partial charge in [-0.25, -0.2) is 15.4 Å². The number of fused-ring (bicyclic) bond motifs is 1. The number of benzene rings is 1. The smallest absolute Gasteiger partial charge is 0.250 e. The Balaban J connectivity index is 1.59. The molecule has 6 nitrogen and oxygen atoms in total. The summed E-state index contributed by atoms with van der Waals surface area (Å²) in [5.41, 5.74) is 8.10. The van der Waals surface area contributed by atoms with Gasteiger partial charge in [0.25, 0.3) is 5.91 Å². The fourth-order valence-electron chi connectivity index (χ4n) is 3.78. The molecule has 0 radical (unpaired) electrons. The molecule has 0 bridgehead atoms. The highest BCUT2D eigenvalue weighted by molar-refractivity contribution is 7.99. The second-order valence-electron chi connectivity index (χ2n) is 8.31. The van der Waals surface area contributed by atoms with Gasteiger partial charge in [-0.3, -0.25) is 4.79 Å². The van der Waals surface area contributed by atoms with Gasteiger partial charge in [0, 0.05) is 29.7 Å². The first-order valence-corrected chi connectivity index (χ1v) is 10.8. The van der Waals surface area contributed by atoms with Crippen molar-refractivity contribution in [2.75, 3.05) is 17.7 Å². The van der Waals surface area contributed by atoms with Gasteiger partial charge < -0.3 is 4.90 Å². The Morgan fingerprint density at radius 1 is 1.31 bits per heavy atom. The zero-order valence-electron chi connectivity index (χ0n) is 18.0. The number of carbonyl (C=O) groups is 1. The minimum atomic E-state index is -0.179. The van der Waals surface area contributed by atoms with Crippen LogP contribution >= 0.6 is 11.8 Å². The van der Waals surface area contributed by atoms with Crippen LogP contribution < -0.4 is 10.3 Å². The zero-order chi connectivity index (χ0) is 21.2. The maximum atomic E-state index is 12.1. The SMILES string of the molecule is Cc1cc(C)nc(SCC(=O)N/N=C\c2ccc3c(c2)C(C)CC(C)(C)N3C)n1. The molecule has 0 saturated carbocycles. The van der Waals surface area contributed by atoms with E-state index in [4.69, 9.17) is 0 Å². The third-order valence-electron chi connectivity index (χ3n) is 5.35. The van der Waals surface area contributed by atoms with Gasteiger partial charge in [0.2, 0.25) is 0 Å². The molecule has 1 aromatic heterocycles. The van der Waals surface area contributed by atoms with Crippen molar-refractivity contribution in [1.82, 2.24) is 15.4 Å². The molecule has 3 rings (SSSR count). The minimum absolute atomic E-state index is 0.146. The number of hydrogen-bond acceptors (Lipinski definition) is 6. The van der Waals surface area contributed by atoms with E-state index in [0.717, 1.165) is 23.4 Å². The van der Waals surface area contributed by atoms with Gasteiger partial charge in [-0.05, 0) is 69.4 Å². The highest BCUT2D eigenvalue weighted by Gasteiger charge is 2.33. The number of hydrogen-bond donors (Lipinski definition) is 1. The van der Waals surface area contributed by atoms with E-state index in [-0.39, 0.29) is 17.2 Å². The number of carbonyl (C=O) groups excluding carboxylic acids is 1. The second kappa shape index (κ2) is 8.53. The Morgan fingerprint density at radius 3 is 2.69 bits per heavy atom. The predicted molar refractivity (Wildman–Crippen MR) is 120 cm³/mol. The summed E-state index contributed by atoms with van der Waals surface area (Å²) in [4.78, 5) is 23.1. The number of aryl methyl sites for hydroxylation is 2. The van der Waals surface area contributed by atoms with Crippen LogP contribution in [0.5, 0.6) is 0 Å². The van der Waals surface area contributed by atoms with Gasteiger partial charge in [0.15, 0.2) is 5.16 Å². The van der Waals surface area contributed by atoms with Crippen LogP contribution in [0.1, 0.15) is 55.6 Å². The lowest BCUT2D eigenvalue weighted by Gasteiger charge is -2.45. The fraction of sp³-hybridized carbons (Fsp3) is 0.455. The predicted octanol–water partition coefficient (Wildman–Crippen LogP) is 4.06. The Morgan fingerprint density at radius 2 is 2.00 bits per heavy atom. The average molecular weight is 412 g/mol. The summed E-state index contributed by atoms with van der Waals surface area (Å²) in [6.45, 7) is 10.7. The van der Waals surface area contributed by atoms with Crippen LogP contribution in [-0.4, -0.2) is 40.4 Å². The first-order chi connectivity index (χ1) is 13.7. The molecule has 1 N–H and O–H groups in total. The molecule has 1 atom stereocenters. The number of amides is 1. The van der Waals surface area contributed by atoms with Crippen LogP contribution in [0.2, 0.25) is 0 Å². The number of nitrogens with one attached hydrogen (secondary N) is 1. The number of hydrazone groups is 1. The zero-order valence-corrected chi connectivity index (χ0v) is 18.8. The first kappa shape index (κ1) is 21.3. The fourth-order valence-corrected chi connectivity index (χ4v) is 4.52. The molecule has 1 aliphatic heterocycles. The third kappa shape index (κ3) is 5.15. The number of nitrogens with zero attached hydrogens (tertiary/aromatic N) is 4. The van der Waals surface area contributed by atoms with E-state index in [1.54, 1.807) is 6.21 Å². The highest BCUT2D eigenvalue weighted by atomic mass is 32.2. The molecule has 154 valence electrons. The van der Waals surface area contributed by atoms with Crippen LogP contribution in [0, 0.1) is 13.8 Å². The Hall–Kier alpha value is -2.41. The van der Waals surface area contributed by atoms with E-state index >= 15 is 0 Å². The lowest BCUT2D eigenvalue weighted by molar-refractivity contribution is -0.118. The number of thioether (sulfide) groups is 1. The second-order valence-corrected chi connectivity index (χ2v) is 9.25. The van der Waals surface area contributed by atoms with Crippen molar-refractivity contribution < 1.29 is 4.79 Å². The van der Waals surface area contributed by atoms with Crippen molar-refractivity contribution in [3.63, 3.8) is 0 Å². The molecule has 1 unspecified atom stereocenters. The van der Waals surface area contributed by atoms with Gasteiger partial charge in [-0.2, -0.15) is 5.10 Å². The third-order valence-corrected chi connectivity index (χ3v) is 6.20. The molecule has 0 fully saturated rings. The molecular formula is C22H29N5OS. The normalized spacial score (nSPS) is 18.0. The van der Waals surface area contributed by atoms with E-state index in [0.29, 0.717) is 11.1 Å². The maximum Gasteiger partial charge on any atom is 0.250 e. The quantitative estimate of drug-likeness (QED) is 0.348. The van der Waals surface area contributed by atoms with Gasteiger partial charge in [0.05, 0.1) is 12.0 Å². The summed E-state index contributed by atoms with van der Waals surface area (Å²) in [6, 6.07) is 8.26. The van der Waals surface area contributed by atoms with E-state index in [9.17, 15) is 4.79 Å². The van der Waals surface area contributed by atoms with Crippen LogP contribution in [0.15, 0.2) is 34.5 Å². The Kier molecular flexibility index (Phi) is 6.27. The molecular weight excluding hydrogens is 382 g/mol. The Labute approximate surface area is 177 Å². The van der Waals surface area contributed by atoms with Gasteiger partial charge in [0.1, 0.15) is 0 Å². The molecule has 29 heavy (non-hydrogen) atoms. The molecule has 0 aliphatic carbocycles. The summed E-state index contributed by atoms with van der Waals surface area (Å²) in [5, 5.41) is 4.73. The molecule has 2 heterocycles. The van der Waals surface area contributed by atoms with Crippen molar-refractivity contribution >= 4 is 29.6 Å². The summed E-state index contributed by atoms with van der Waals surface area (Å²) in [6.07, 6.45) is 2.80. The largest absolute Gasteiger partial charge is 0.369 e. The van der Waals surface area contributed by atoms with Crippen molar-refractivity contribution in [1.29, 1.82) is 0 Å². The van der Waals surface area contributed by atoms with Crippen LogP contribution in [0.4, 0.5) is 5.69 Å². The van der Waals surface area contributed by atoms with Crippen molar-refractivity contribution in [2.45, 2.75) is 57.7 Å². The maximum absolute atomic E-state index is 12.1. The molecule has 0 saturated heterocycles. The summed E-state index contributed by atoms with van der Waals surface area (Å²) >= 11 is 1.31. The van der Waals surface area contributed by atoms with E-state index in [2.05, 4.69) is 65.3 Å². The monoisotopic (exact) mass is 411 g/mol. The molecule has 0 spiro atoms. The van der Waals surface area contributed by atoms with Gasteiger partial charge in [-0.15, -0.1) is 0 Å². The van der Waals surface area contributed by atoms with Crippen molar-refractivity contribution in [3.8, 4) is 0 Å². The lowest BCUT2D eigenvalue weighted by atomic mass is 9.80. The molecule has 1 aliphatic rings. The van der Waals surface area contributed by atoms with Crippen LogP contribution in [0.25, 0.3) is 0 Å². The minimum Gasteiger partial charge on any atom is -0.369 e. The summed E-state index contributed by atoms with van der Waals surface area (Å²) in [5.74, 6) is 0.525. The van der Waals surface area contributed by atoms with E-state index < -0.39 is 0 Å². The standard InChI is InChI=1S/C22H29N5OS/c1-14-11-22(4,5)27(6)19-8-7-17(10-18(14)19)12-23-26-20(28)13-29-21-24-15(2)9-16(3)25-21/h7-10,12,14H,11,13H2,1-6H3,(H,26,28)/b23-12-.